The number of ether oxygens (including phenoxy) is 1. The summed E-state index contributed by atoms with van der Waals surface area (Å²) in [6, 6.07) is 23.1. The van der Waals surface area contributed by atoms with Crippen molar-refractivity contribution in [3.63, 3.8) is 0 Å². The number of rotatable bonds is 7. The van der Waals surface area contributed by atoms with Crippen molar-refractivity contribution < 1.29 is 9.53 Å². The second kappa shape index (κ2) is 10.4. The van der Waals surface area contributed by atoms with E-state index in [0.29, 0.717) is 29.4 Å². The highest BCUT2D eigenvalue weighted by Gasteiger charge is 2.15. The molecule has 0 aliphatic rings. The van der Waals surface area contributed by atoms with Crippen molar-refractivity contribution in [3.8, 4) is 5.75 Å². The van der Waals surface area contributed by atoms with Crippen LogP contribution in [0.1, 0.15) is 54.7 Å². The molecular formula is C27H30N2O2S. The molecule has 0 atom stereocenters. The summed E-state index contributed by atoms with van der Waals surface area (Å²) in [6.07, 6.45) is 0. The van der Waals surface area contributed by atoms with Crippen LogP contribution in [0.5, 0.6) is 5.75 Å². The maximum Gasteiger partial charge on any atom is 0.193 e. The molecule has 3 aromatic carbocycles. The Morgan fingerprint density at radius 3 is 2.34 bits per heavy atom. The van der Waals surface area contributed by atoms with E-state index < -0.39 is 0 Å². The summed E-state index contributed by atoms with van der Waals surface area (Å²) in [5.41, 5.74) is 4.33. The van der Waals surface area contributed by atoms with E-state index in [1.165, 1.54) is 5.56 Å². The predicted molar refractivity (Wildman–Crippen MR) is 136 cm³/mol. The van der Waals surface area contributed by atoms with Gasteiger partial charge in [0.05, 0.1) is 6.61 Å². The standard InChI is InChI=1S/C27H30N2O2S/c1-5-31-24-12-7-6-9-21(24)18-28-26(32)29-23-11-8-10-20(17-23)25(30)19-13-15-22(16-14-19)27(2,3)4/h6-17H,5,18H2,1-4H3,(H2,28,29,32). The molecule has 5 heteroatoms. The lowest BCUT2D eigenvalue weighted by Crippen LogP contribution is -2.28. The number of para-hydroxylation sites is 1. The third kappa shape index (κ3) is 6.17. The quantitative estimate of drug-likeness (QED) is 0.339. The molecule has 0 saturated carbocycles. The van der Waals surface area contributed by atoms with Crippen LogP contribution in [-0.2, 0) is 12.0 Å². The van der Waals surface area contributed by atoms with Gasteiger partial charge in [-0.05, 0) is 48.3 Å². The number of ketones is 1. The molecule has 0 aliphatic carbocycles. The predicted octanol–water partition coefficient (Wildman–Crippen LogP) is 6.10. The Morgan fingerprint density at radius 1 is 0.938 bits per heavy atom. The van der Waals surface area contributed by atoms with Gasteiger partial charge in [-0.15, -0.1) is 0 Å². The van der Waals surface area contributed by atoms with Crippen LogP contribution < -0.4 is 15.4 Å². The molecule has 0 fully saturated rings. The Morgan fingerprint density at radius 2 is 1.66 bits per heavy atom. The minimum Gasteiger partial charge on any atom is -0.494 e. The summed E-state index contributed by atoms with van der Waals surface area (Å²) in [7, 11) is 0. The Hall–Kier alpha value is -3.18. The monoisotopic (exact) mass is 446 g/mol. The van der Waals surface area contributed by atoms with E-state index >= 15 is 0 Å². The average molecular weight is 447 g/mol. The zero-order chi connectivity index (χ0) is 23.1. The van der Waals surface area contributed by atoms with E-state index in [9.17, 15) is 4.79 Å². The summed E-state index contributed by atoms with van der Waals surface area (Å²) in [6.45, 7) is 9.59. The number of carbonyl (C=O) groups excluding carboxylic acids is 1. The van der Waals surface area contributed by atoms with Gasteiger partial charge in [0.1, 0.15) is 5.75 Å². The molecule has 0 aromatic heterocycles. The summed E-state index contributed by atoms with van der Waals surface area (Å²) in [5.74, 6) is 0.828. The molecule has 0 spiro atoms. The highest BCUT2D eigenvalue weighted by atomic mass is 32.1. The molecule has 0 saturated heterocycles. The molecule has 2 N–H and O–H groups in total. The van der Waals surface area contributed by atoms with Gasteiger partial charge in [0.15, 0.2) is 10.9 Å². The highest BCUT2D eigenvalue weighted by Crippen LogP contribution is 2.23. The van der Waals surface area contributed by atoms with Crippen LogP contribution in [0, 0.1) is 0 Å². The third-order valence-electron chi connectivity index (χ3n) is 5.11. The van der Waals surface area contributed by atoms with Crippen molar-refractivity contribution in [1.82, 2.24) is 5.32 Å². The SMILES string of the molecule is CCOc1ccccc1CNC(=S)Nc1cccc(C(=O)c2ccc(C(C)(C)C)cc2)c1. The van der Waals surface area contributed by atoms with Gasteiger partial charge < -0.3 is 15.4 Å². The van der Waals surface area contributed by atoms with Crippen LogP contribution >= 0.6 is 12.2 Å². The molecule has 166 valence electrons. The Kier molecular flexibility index (Phi) is 7.65. The maximum absolute atomic E-state index is 13.0. The lowest BCUT2D eigenvalue weighted by Gasteiger charge is -2.19. The van der Waals surface area contributed by atoms with Gasteiger partial charge in [0.25, 0.3) is 0 Å². The fourth-order valence-electron chi connectivity index (χ4n) is 3.32. The largest absolute Gasteiger partial charge is 0.494 e. The van der Waals surface area contributed by atoms with Gasteiger partial charge in [-0.3, -0.25) is 4.79 Å². The number of anilines is 1. The van der Waals surface area contributed by atoms with E-state index in [-0.39, 0.29) is 11.2 Å². The van der Waals surface area contributed by atoms with Crippen LogP contribution in [-0.4, -0.2) is 17.5 Å². The number of carbonyl (C=O) groups is 1. The van der Waals surface area contributed by atoms with Crippen molar-refractivity contribution in [2.45, 2.75) is 39.7 Å². The summed E-state index contributed by atoms with van der Waals surface area (Å²) in [4.78, 5) is 13.0. The van der Waals surface area contributed by atoms with Crippen LogP contribution in [0.25, 0.3) is 0 Å². The van der Waals surface area contributed by atoms with E-state index in [1.54, 1.807) is 0 Å². The first kappa shape index (κ1) is 23.5. The van der Waals surface area contributed by atoms with Crippen molar-refractivity contribution in [2.75, 3.05) is 11.9 Å². The zero-order valence-electron chi connectivity index (χ0n) is 19.1. The number of hydrogen-bond acceptors (Lipinski definition) is 3. The van der Waals surface area contributed by atoms with Gasteiger partial charge in [-0.2, -0.15) is 0 Å². The first-order valence-corrected chi connectivity index (χ1v) is 11.2. The number of hydrogen-bond donors (Lipinski definition) is 2. The second-order valence-electron chi connectivity index (χ2n) is 8.59. The van der Waals surface area contributed by atoms with Crippen molar-refractivity contribution in [2.24, 2.45) is 0 Å². The van der Waals surface area contributed by atoms with E-state index in [0.717, 1.165) is 17.0 Å². The van der Waals surface area contributed by atoms with Gasteiger partial charge in [0, 0.05) is 28.9 Å². The summed E-state index contributed by atoms with van der Waals surface area (Å²) >= 11 is 5.45. The fraction of sp³-hybridized carbons (Fsp3) is 0.259. The lowest BCUT2D eigenvalue weighted by molar-refractivity contribution is 0.103. The molecule has 4 nitrogen and oxygen atoms in total. The molecular weight excluding hydrogens is 416 g/mol. The van der Waals surface area contributed by atoms with E-state index in [1.807, 2.05) is 79.7 Å². The smallest absolute Gasteiger partial charge is 0.193 e. The van der Waals surface area contributed by atoms with Crippen LogP contribution in [0.15, 0.2) is 72.8 Å². The Labute approximate surface area is 196 Å². The minimum atomic E-state index is -0.0152. The molecule has 0 aliphatic heterocycles. The Bertz CT molecular complexity index is 1090. The average Bonchev–Trinajstić information content (AvgIpc) is 2.78. The van der Waals surface area contributed by atoms with Gasteiger partial charge in [-0.25, -0.2) is 0 Å². The third-order valence-corrected chi connectivity index (χ3v) is 5.35. The van der Waals surface area contributed by atoms with E-state index in [4.69, 9.17) is 17.0 Å². The van der Waals surface area contributed by atoms with Gasteiger partial charge in [-0.1, -0.05) is 75.4 Å². The Balaban J connectivity index is 1.64. The van der Waals surface area contributed by atoms with Crippen LogP contribution in [0.4, 0.5) is 5.69 Å². The molecule has 3 aromatic rings. The maximum atomic E-state index is 13.0. The lowest BCUT2D eigenvalue weighted by atomic mass is 9.86. The first-order valence-electron chi connectivity index (χ1n) is 10.8. The van der Waals surface area contributed by atoms with Crippen LogP contribution in [0.3, 0.4) is 0 Å². The zero-order valence-corrected chi connectivity index (χ0v) is 19.9. The van der Waals surface area contributed by atoms with Crippen LogP contribution in [0.2, 0.25) is 0 Å². The van der Waals surface area contributed by atoms with Gasteiger partial charge >= 0.3 is 0 Å². The van der Waals surface area contributed by atoms with Gasteiger partial charge in [0.2, 0.25) is 0 Å². The van der Waals surface area contributed by atoms with Crippen molar-refractivity contribution in [3.05, 3.63) is 95.1 Å². The second-order valence-corrected chi connectivity index (χ2v) is 8.99. The molecule has 0 amide bonds. The first-order chi connectivity index (χ1) is 15.3. The number of benzene rings is 3. The number of nitrogens with one attached hydrogen (secondary N) is 2. The fourth-order valence-corrected chi connectivity index (χ4v) is 3.51. The summed E-state index contributed by atoms with van der Waals surface area (Å²) in [5, 5.41) is 6.85. The van der Waals surface area contributed by atoms with Crippen molar-refractivity contribution >= 4 is 28.8 Å². The molecule has 32 heavy (non-hydrogen) atoms. The summed E-state index contributed by atoms with van der Waals surface area (Å²) < 4.78 is 5.66. The molecule has 0 bridgehead atoms. The highest BCUT2D eigenvalue weighted by molar-refractivity contribution is 7.80. The topological polar surface area (TPSA) is 50.4 Å². The normalized spacial score (nSPS) is 11.0. The number of thiocarbonyl (C=S) groups is 1. The van der Waals surface area contributed by atoms with E-state index in [2.05, 4.69) is 31.4 Å². The molecule has 0 heterocycles. The van der Waals surface area contributed by atoms with Crippen molar-refractivity contribution in [1.29, 1.82) is 0 Å². The molecule has 0 unspecified atom stereocenters. The molecule has 0 radical (unpaired) electrons. The molecule has 3 rings (SSSR count). The minimum absolute atomic E-state index is 0.0152.